The predicted molar refractivity (Wildman–Crippen MR) is 148 cm³/mol. The van der Waals surface area contributed by atoms with Gasteiger partial charge < -0.3 is 26.4 Å². The van der Waals surface area contributed by atoms with Crippen molar-refractivity contribution in [2.45, 2.75) is 57.4 Å². The quantitative estimate of drug-likeness (QED) is 0.262. The number of hydrogen-bond acceptors (Lipinski definition) is 8. The van der Waals surface area contributed by atoms with Crippen molar-refractivity contribution in [2.75, 3.05) is 30.6 Å². The molecule has 4 atom stereocenters. The number of fused-ring (bicyclic) bond motifs is 1. The number of carboxylic acids is 1. The highest BCUT2D eigenvalue weighted by atomic mass is 33.1. The molecule has 35 heavy (non-hydrogen) atoms. The summed E-state index contributed by atoms with van der Waals surface area (Å²) >= 11 is 1.53. The summed E-state index contributed by atoms with van der Waals surface area (Å²) in [5.74, 6) is -0.311. The van der Waals surface area contributed by atoms with Crippen LogP contribution in [0.15, 0.2) is 24.3 Å². The zero-order valence-electron chi connectivity index (χ0n) is 20.9. The first-order valence-electron chi connectivity index (χ1n) is 11.7. The number of amides is 2. The van der Waals surface area contributed by atoms with E-state index in [-0.39, 0.29) is 17.9 Å². The van der Waals surface area contributed by atoms with Crippen LogP contribution in [0.25, 0.3) is 0 Å². The second kappa shape index (κ2) is 15.0. The molecule has 8 nitrogen and oxygen atoms in total. The van der Waals surface area contributed by atoms with Crippen molar-refractivity contribution >= 4 is 51.1 Å². The van der Waals surface area contributed by atoms with Crippen LogP contribution >= 0.6 is 33.3 Å². The fourth-order valence-electron chi connectivity index (χ4n) is 4.03. The van der Waals surface area contributed by atoms with Crippen LogP contribution in [0.4, 0.5) is 0 Å². The third-order valence-corrected chi connectivity index (χ3v) is 8.55. The molecule has 0 fully saturated rings. The Morgan fingerprint density at radius 1 is 1.20 bits per heavy atom. The Hall–Kier alpha value is -1.40. The van der Waals surface area contributed by atoms with Crippen LogP contribution < -0.4 is 16.4 Å². The molecule has 1 aliphatic heterocycles. The van der Waals surface area contributed by atoms with Gasteiger partial charge in [-0.2, -0.15) is 11.8 Å². The molecule has 1 heterocycles. The van der Waals surface area contributed by atoms with E-state index in [1.165, 1.54) is 11.8 Å². The standard InChI is InChI=1S/C24H38N4O4S3/c1-15(2)21(26-12-18(25)14-35-34-4)23(30)28-13-17-8-6-5-7-16(17)11-20(28)22(29)27-19(24(31)32)9-10-33-3/h5-8,15,18-21,26H,9-14,25H2,1-4H3,(H,27,29)(H,31,32)/t18-,19+,20+,21+/m1/s1. The van der Waals surface area contributed by atoms with Crippen molar-refractivity contribution in [1.82, 2.24) is 15.5 Å². The molecule has 2 amide bonds. The smallest absolute Gasteiger partial charge is 0.326 e. The minimum Gasteiger partial charge on any atom is -0.480 e. The van der Waals surface area contributed by atoms with E-state index >= 15 is 0 Å². The normalized spacial score (nSPS) is 18.0. The fourth-order valence-corrected chi connectivity index (χ4v) is 5.86. The van der Waals surface area contributed by atoms with Crippen molar-refractivity contribution < 1.29 is 19.5 Å². The van der Waals surface area contributed by atoms with Crippen molar-refractivity contribution in [3.8, 4) is 0 Å². The van der Waals surface area contributed by atoms with Crippen molar-refractivity contribution in [3.05, 3.63) is 35.4 Å². The van der Waals surface area contributed by atoms with E-state index in [1.807, 2.05) is 50.6 Å². The highest BCUT2D eigenvalue weighted by Crippen LogP contribution is 2.25. The van der Waals surface area contributed by atoms with Crippen LogP contribution in [0, 0.1) is 5.92 Å². The van der Waals surface area contributed by atoms with Gasteiger partial charge in [0.1, 0.15) is 12.1 Å². The van der Waals surface area contributed by atoms with Crippen LogP contribution in [-0.4, -0.2) is 82.5 Å². The number of carboxylic acid groups (broad SMARTS) is 1. The zero-order chi connectivity index (χ0) is 26.0. The van der Waals surface area contributed by atoms with Gasteiger partial charge in [0.15, 0.2) is 0 Å². The van der Waals surface area contributed by atoms with Crippen LogP contribution in [0.2, 0.25) is 0 Å². The molecule has 0 saturated heterocycles. The summed E-state index contributed by atoms with van der Waals surface area (Å²) in [6.07, 6.45) is 4.56. The second-order valence-electron chi connectivity index (χ2n) is 8.98. The van der Waals surface area contributed by atoms with Crippen LogP contribution in [0.5, 0.6) is 0 Å². The van der Waals surface area contributed by atoms with Gasteiger partial charge in [0.2, 0.25) is 11.8 Å². The van der Waals surface area contributed by atoms with E-state index in [4.69, 9.17) is 5.73 Å². The molecule has 0 unspecified atom stereocenters. The molecule has 2 rings (SSSR count). The largest absolute Gasteiger partial charge is 0.480 e. The Morgan fingerprint density at radius 3 is 2.49 bits per heavy atom. The molecular weight excluding hydrogens is 504 g/mol. The number of carbonyl (C=O) groups excluding carboxylic acids is 2. The third-order valence-electron chi connectivity index (χ3n) is 5.99. The molecule has 1 aliphatic rings. The maximum Gasteiger partial charge on any atom is 0.326 e. The van der Waals surface area contributed by atoms with Gasteiger partial charge in [0.05, 0.1) is 6.04 Å². The monoisotopic (exact) mass is 542 g/mol. The molecule has 0 saturated carbocycles. The average Bonchev–Trinajstić information content (AvgIpc) is 2.83. The van der Waals surface area contributed by atoms with Gasteiger partial charge in [-0.15, -0.1) is 0 Å². The third kappa shape index (κ3) is 8.89. The lowest BCUT2D eigenvalue weighted by atomic mass is 9.91. The number of hydrogen-bond donors (Lipinski definition) is 4. The molecule has 11 heteroatoms. The summed E-state index contributed by atoms with van der Waals surface area (Å²) in [5.41, 5.74) is 8.20. The SMILES string of the molecule is CSCC[C@H](NC(=O)[C@@H]1Cc2ccccc2CN1C(=O)[C@@H](NC[C@@H](N)CSSC)C(C)C)C(=O)O. The number of rotatable bonds is 14. The molecule has 5 N–H and O–H groups in total. The topological polar surface area (TPSA) is 125 Å². The van der Waals surface area contributed by atoms with Crippen LogP contribution in [0.1, 0.15) is 31.4 Å². The fraction of sp³-hybridized carbons (Fsp3) is 0.625. The number of carbonyl (C=O) groups is 3. The molecule has 1 aromatic carbocycles. The lowest BCUT2D eigenvalue weighted by Crippen LogP contribution is -2.60. The first kappa shape index (κ1) is 29.8. The minimum absolute atomic E-state index is 0.0165. The summed E-state index contributed by atoms with van der Waals surface area (Å²) in [6, 6.07) is 5.38. The zero-order valence-corrected chi connectivity index (χ0v) is 23.3. The first-order valence-corrected chi connectivity index (χ1v) is 15.9. The molecule has 1 aromatic rings. The van der Waals surface area contributed by atoms with Crippen LogP contribution in [0.3, 0.4) is 0 Å². The summed E-state index contributed by atoms with van der Waals surface area (Å²) in [6.45, 7) is 4.72. The Bertz CT molecular complexity index is 858. The summed E-state index contributed by atoms with van der Waals surface area (Å²) in [5, 5.41) is 15.6. The highest BCUT2D eigenvalue weighted by Gasteiger charge is 2.39. The Morgan fingerprint density at radius 2 is 1.89 bits per heavy atom. The van der Waals surface area contributed by atoms with Crippen molar-refractivity contribution in [1.29, 1.82) is 0 Å². The van der Waals surface area contributed by atoms with E-state index in [9.17, 15) is 19.5 Å². The Labute approximate surface area is 220 Å². The van der Waals surface area contributed by atoms with Gasteiger partial charge in [-0.3, -0.25) is 9.59 Å². The van der Waals surface area contributed by atoms with Gasteiger partial charge in [0, 0.05) is 31.3 Å². The summed E-state index contributed by atoms with van der Waals surface area (Å²) in [7, 11) is 3.33. The minimum atomic E-state index is -1.07. The van der Waals surface area contributed by atoms with Gasteiger partial charge in [0.25, 0.3) is 0 Å². The molecule has 0 radical (unpaired) electrons. The Kier molecular flexibility index (Phi) is 12.8. The number of nitrogens with zero attached hydrogens (tertiary/aromatic N) is 1. The highest BCUT2D eigenvalue weighted by molar-refractivity contribution is 8.76. The molecule has 0 spiro atoms. The number of nitrogens with one attached hydrogen (secondary N) is 2. The van der Waals surface area contributed by atoms with E-state index in [0.29, 0.717) is 31.7 Å². The first-order chi connectivity index (χ1) is 16.7. The maximum atomic E-state index is 13.8. The lowest BCUT2D eigenvalue weighted by Gasteiger charge is -2.39. The van der Waals surface area contributed by atoms with Gasteiger partial charge >= 0.3 is 5.97 Å². The molecule has 0 bridgehead atoms. The van der Waals surface area contributed by atoms with Gasteiger partial charge in [-0.25, -0.2) is 4.79 Å². The number of aliphatic carboxylic acids is 1. The molecule has 196 valence electrons. The number of thioether (sulfide) groups is 1. The van der Waals surface area contributed by atoms with E-state index in [1.54, 1.807) is 26.5 Å². The molecule has 0 aliphatic carbocycles. The Balaban J connectivity index is 2.25. The lowest BCUT2D eigenvalue weighted by molar-refractivity contribution is -0.146. The molecule has 0 aromatic heterocycles. The predicted octanol–water partition coefficient (Wildman–Crippen LogP) is 2.22. The number of nitrogens with two attached hydrogens (primary N) is 1. The second-order valence-corrected chi connectivity index (χ2v) is 12.6. The average molecular weight is 543 g/mol. The van der Waals surface area contributed by atoms with Crippen molar-refractivity contribution in [2.24, 2.45) is 11.7 Å². The van der Waals surface area contributed by atoms with Crippen LogP contribution in [-0.2, 0) is 27.3 Å². The van der Waals surface area contributed by atoms with E-state index < -0.39 is 30.0 Å². The number of benzene rings is 1. The van der Waals surface area contributed by atoms with E-state index in [0.717, 1.165) is 16.9 Å². The van der Waals surface area contributed by atoms with Crippen molar-refractivity contribution in [3.63, 3.8) is 0 Å². The van der Waals surface area contributed by atoms with Gasteiger partial charge in [-0.1, -0.05) is 59.7 Å². The van der Waals surface area contributed by atoms with E-state index in [2.05, 4.69) is 10.6 Å². The maximum absolute atomic E-state index is 13.8. The summed E-state index contributed by atoms with van der Waals surface area (Å²) < 4.78 is 0. The summed E-state index contributed by atoms with van der Waals surface area (Å²) in [4.78, 5) is 40.5. The van der Waals surface area contributed by atoms with Gasteiger partial charge in [-0.05, 0) is 41.7 Å². The molecular formula is C24H38N4O4S3.